The lowest BCUT2D eigenvalue weighted by atomic mass is 9.65. The molecule has 0 aliphatic rings. The first-order chi connectivity index (χ1) is 19.5. The lowest BCUT2D eigenvalue weighted by molar-refractivity contribution is 0.407. The lowest BCUT2D eigenvalue weighted by Crippen LogP contribution is -2.31. The maximum atomic E-state index is 10.6. The molecule has 0 aliphatic heterocycles. The van der Waals surface area contributed by atoms with Crippen molar-refractivity contribution in [3.63, 3.8) is 0 Å². The number of aromatic hydroxyl groups is 4. The molecule has 0 bridgehead atoms. The number of benzene rings is 4. The molecule has 4 aromatic rings. The SMILES string of the molecule is Cc1cc(C(C)(CCC(C)(c2cc(C)c(O)c(Br)c2)c2cc(C)c(O)c(Br)c2)c2cc(C)c(O)c(Br)c2)cc(Br)c1O. The highest BCUT2D eigenvalue weighted by atomic mass is 79.9. The van der Waals surface area contributed by atoms with Gasteiger partial charge in [-0.1, -0.05) is 38.1 Å². The lowest BCUT2D eigenvalue weighted by Gasteiger charge is -2.38. The Labute approximate surface area is 281 Å². The fourth-order valence-corrected chi connectivity index (χ4v) is 7.87. The van der Waals surface area contributed by atoms with Crippen molar-refractivity contribution in [1.82, 2.24) is 0 Å². The number of aryl methyl sites for hydroxylation is 4. The Kier molecular flexibility index (Phi) is 9.54. The standard InChI is InChI=1S/C34H34Br4O4/c1-17-9-21(13-25(35)29(17)39)33(5,22-10-18(2)30(40)26(36)14-22)7-8-34(6,23-11-19(3)31(41)27(37)15-23)24-12-20(4)32(42)28(38)16-24/h9-16,39-42H,7-8H2,1-6H3. The molecule has 0 atom stereocenters. The molecule has 0 fully saturated rings. The Bertz CT molecular complexity index is 1360. The number of rotatable bonds is 7. The number of halogens is 4. The highest BCUT2D eigenvalue weighted by Gasteiger charge is 2.37. The van der Waals surface area contributed by atoms with Crippen LogP contribution in [-0.2, 0) is 10.8 Å². The smallest absolute Gasteiger partial charge is 0.132 e. The molecule has 4 nitrogen and oxygen atoms in total. The first-order valence-corrected chi connectivity index (χ1v) is 16.6. The van der Waals surface area contributed by atoms with Crippen molar-refractivity contribution in [3.8, 4) is 23.0 Å². The van der Waals surface area contributed by atoms with Gasteiger partial charge in [-0.2, -0.15) is 0 Å². The van der Waals surface area contributed by atoms with Crippen molar-refractivity contribution >= 4 is 63.7 Å². The molecule has 0 unspecified atom stereocenters. The molecule has 0 spiro atoms. The molecule has 0 amide bonds. The molecule has 4 N–H and O–H groups in total. The molecule has 0 radical (unpaired) electrons. The van der Waals surface area contributed by atoms with E-state index in [4.69, 9.17) is 0 Å². The largest absolute Gasteiger partial charge is 0.506 e. The van der Waals surface area contributed by atoms with E-state index in [2.05, 4.69) is 77.6 Å². The average Bonchev–Trinajstić information content (AvgIpc) is 2.93. The topological polar surface area (TPSA) is 80.9 Å². The Morgan fingerprint density at radius 1 is 0.429 bits per heavy atom. The fraction of sp³-hybridized carbons (Fsp3) is 0.294. The molecule has 0 aromatic heterocycles. The molecular formula is C34H34Br4O4. The van der Waals surface area contributed by atoms with E-state index in [0.29, 0.717) is 30.7 Å². The number of hydrogen-bond donors (Lipinski definition) is 4. The van der Waals surface area contributed by atoms with Gasteiger partial charge >= 0.3 is 0 Å². The van der Waals surface area contributed by atoms with Gasteiger partial charge in [0.05, 0.1) is 17.9 Å². The predicted octanol–water partition coefficient (Wildman–Crippen LogP) is 10.9. The van der Waals surface area contributed by atoms with Crippen molar-refractivity contribution < 1.29 is 20.4 Å². The van der Waals surface area contributed by atoms with Crippen LogP contribution in [0.15, 0.2) is 66.4 Å². The van der Waals surface area contributed by atoms with Gasteiger partial charge in [0, 0.05) is 10.8 Å². The zero-order chi connectivity index (χ0) is 31.3. The zero-order valence-corrected chi connectivity index (χ0v) is 30.7. The summed E-state index contributed by atoms with van der Waals surface area (Å²) < 4.78 is 2.49. The minimum Gasteiger partial charge on any atom is -0.506 e. The normalized spacial score (nSPS) is 12.1. The zero-order valence-electron chi connectivity index (χ0n) is 24.3. The van der Waals surface area contributed by atoms with Gasteiger partial charge < -0.3 is 20.4 Å². The van der Waals surface area contributed by atoms with Crippen LogP contribution in [-0.4, -0.2) is 20.4 Å². The molecule has 4 rings (SSSR count). The van der Waals surface area contributed by atoms with Crippen LogP contribution in [0.4, 0.5) is 0 Å². The minimum atomic E-state index is -0.532. The van der Waals surface area contributed by atoms with Gasteiger partial charge in [0.15, 0.2) is 0 Å². The van der Waals surface area contributed by atoms with Crippen molar-refractivity contribution in [1.29, 1.82) is 0 Å². The number of phenols is 4. The second kappa shape index (κ2) is 12.2. The van der Waals surface area contributed by atoms with E-state index in [0.717, 1.165) is 44.5 Å². The van der Waals surface area contributed by atoms with Crippen LogP contribution in [0.1, 0.15) is 71.2 Å². The summed E-state index contributed by atoms with van der Waals surface area (Å²) in [7, 11) is 0. The van der Waals surface area contributed by atoms with Crippen LogP contribution in [0.5, 0.6) is 23.0 Å². The number of hydrogen-bond acceptors (Lipinski definition) is 4. The molecule has 42 heavy (non-hydrogen) atoms. The van der Waals surface area contributed by atoms with Crippen molar-refractivity contribution in [2.45, 2.75) is 65.2 Å². The highest BCUT2D eigenvalue weighted by molar-refractivity contribution is 9.11. The Morgan fingerprint density at radius 2 is 0.619 bits per heavy atom. The Hall–Kier alpha value is -2.00. The van der Waals surface area contributed by atoms with Gasteiger partial charge in [0.25, 0.3) is 0 Å². The summed E-state index contributed by atoms with van der Waals surface area (Å²) in [4.78, 5) is 0. The molecule has 222 valence electrons. The van der Waals surface area contributed by atoms with E-state index in [1.165, 1.54) is 0 Å². The van der Waals surface area contributed by atoms with Gasteiger partial charge in [0.2, 0.25) is 0 Å². The van der Waals surface area contributed by atoms with E-state index in [1.54, 1.807) is 0 Å². The van der Waals surface area contributed by atoms with Gasteiger partial charge in [0.1, 0.15) is 23.0 Å². The quantitative estimate of drug-likeness (QED) is 0.150. The first-order valence-electron chi connectivity index (χ1n) is 13.5. The molecule has 0 heterocycles. The molecule has 0 saturated carbocycles. The van der Waals surface area contributed by atoms with Crippen molar-refractivity contribution in [2.75, 3.05) is 0 Å². The van der Waals surface area contributed by atoms with Crippen molar-refractivity contribution in [3.05, 3.63) is 111 Å². The third-order valence-corrected chi connectivity index (χ3v) is 11.1. The van der Waals surface area contributed by atoms with E-state index in [9.17, 15) is 20.4 Å². The highest BCUT2D eigenvalue weighted by Crippen LogP contribution is 2.49. The predicted molar refractivity (Wildman–Crippen MR) is 184 cm³/mol. The van der Waals surface area contributed by atoms with Crippen LogP contribution in [0, 0.1) is 27.7 Å². The first kappa shape index (κ1) is 32.9. The van der Waals surface area contributed by atoms with Gasteiger partial charge in [-0.15, -0.1) is 0 Å². The molecule has 0 saturated heterocycles. The molecule has 0 aliphatic carbocycles. The minimum absolute atomic E-state index is 0.211. The van der Waals surface area contributed by atoms with Crippen LogP contribution >= 0.6 is 63.7 Å². The summed E-state index contributed by atoms with van der Waals surface area (Å²) in [6.45, 7) is 11.9. The monoisotopic (exact) mass is 822 g/mol. The summed E-state index contributed by atoms with van der Waals surface area (Å²) in [5.74, 6) is 0.844. The maximum Gasteiger partial charge on any atom is 0.132 e. The van der Waals surface area contributed by atoms with Crippen LogP contribution in [0.2, 0.25) is 0 Å². The van der Waals surface area contributed by atoms with Gasteiger partial charge in [-0.25, -0.2) is 0 Å². The summed E-state index contributed by atoms with van der Waals surface area (Å²) >= 11 is 14.2. The van der Waals surface area contributed by atoms with Crippen LogP contribution in [0.3, 0.4) is 0 Å². The maximum absolute atomic E-state index is 10.6. The van der Waals surface area contributed by atoms with E-state index in [-0.39, 0.29) is 23.0 Å². The second-order valence-corrected chi connectivity index (χ2v) is 15.1. The summed E-state index contributed by atoms with van der Waals surface area (Å²) in [6.07, 6.45) is 1.37. The summed E-state index contributed by atoms with van der Waals surface area (Å²) in [5, 5.41) is 42.2. The second-order valence-electron chi connectivity index (χ2n) is 11.7. The van der Waals surface area contributed by atoms with E-state index < -0.39 is 10.8 Å². The molecular weight excluding hydrogens is 792 g/mol. The third-order valence-electron chi connectivity index (χ3n) is 8.69. The van der Waals surface area contributed by atoms with E-state index >= 15 is 0 Å². The summed E-state index contributed by atoms with van der Waals surface area (Å²) in [6, 6.07) is 16.0. The van der Waals surface area contributed by atoms with Gasteiger partial charge in [-0.05, 0) is 173 Å². The van der Waals surface area contributed by atoms with Crippen LogP contribution in [0.25, 0.3) is 0 Å². The van der Waals surface area contributed by atoms with Crippen LogP contribution < -0.4 is 0 Å². The molecule has 4 aromatic carbocycles. The van der Waals surface area contributed by atoms with Gasteiger partial charge in [-0.3, -0.25) is 0 Å². The average molecular weight is 826 g/mol. The Balaban J connectivity index is 1.96. The third kappa shape index (κ3) is 6.01. The van der Waals surface area contributed by atoms with Crippen molar-refractivity contribution in [2.24, 2.45) is 0 Å². The fourth-order valence-electron chi connectivity index (χ4n) is 5.63. The Morgan fingerprint density at radius 3 is 0.786 bits per heavy atom. The molecule has 8 heteroatoms. The summed E-state index contributed by atoms with van der Waals surface area (Å²) in [5.41, 5.74) is 6.08. The van der Waals surface area contributed by atoms with E-state index in [1.807, 2.05) is 76.2 Å². The number of phenolic OH excluding ortho intramolecular Hbond substituents is 4.